The molecule has 198 valence electrons. The summed E-state index contributed by atoms with van der Waals surface area (Å²) in [5.41, 5.74) is 1.40. The number of hydrogen-bond donors (Lipinski definition) is 1. The van der Waals surface area contributed by atoms with E-state index in [-0.39, 0.29) is 43.4 Å². The highest BCUT2D eigenvalue weighted by Crippen LogP contribution is 2.22. The molecule has 0 fully saturated rings. The van der Waals surface area contributed by atoms with Crippen LogP contribution in [0.5, 0.6) is 0 Å². The maximum Gasteiger partial charge on any atom is 0.242 e. The number of carbonyl (C=O) groups excluding carboxylic acids is 2. The van der Waals surface area contributed by atoms with E-state index in [1.165, 1.54) is 11.0 Å². The number of carbonyl (C=O) groups is 2. The molecule has 1 N–H and O–H groups in total. The molecule has 0 aliphatic heterocycles. The van der Waals surface area contributed by atoms with Gasteiger partial charge in [-0.25, -0.2) is 17.2 Å². The number of nitrogens with one attached hydrogen (secondary N) is 1. The van der Waals surface area contributed by atoms with Gasteiger partial charge in [0, 0.05) is 31.1 Å². The molecule has 0 aliphatic carbocycles. The first-order valence-electron chi connectivity index (χ1n) is 11.7. The summed E-state index contributed by atoms with van der Waals surface area (Å²) in [5, 5.41) is 2.89. The summed E-state index contributed by atoms with van der Waals surface area (Å²) in [6.45, 7) is 9.24. The second-order valence-corrected chi connectivity index (χ2v) is 11.9. The third kappa shape index (κ3) is 8.58. The normalized spacial score (nSPS) is 12.7. The summed E-state index contributed by atoms with van der Waals surface area (Å²) in [5.74, 6) is -2.88. The topological polar surface area (TPSA) is 86.8 Å². The lowest BCUT2D eigenvalue weighted by Crippen LogP contribution is -2.52. The molecule has 0 heterocycles. The standard InChI is InChI=1S/C26H35F2N3O4S/c1-18-9-11-20(12-10-18)17-30(19(2)25(33)29-26(3,4)5)24(32)8-7-15-31(36(6,34)35)21-13-14-22(27)23(28)16-21/h9-14,16,19H,7-8,15,17H2,1-6H3,(H,29,33)/t19-/m0/s1. The Balaban J connectivity index is 2.20. The number of aryl methyl sites for hydroxylation is 1. The number of anilines is 1. The highest BCUT2D eigenvalue weighted by molar-refractivity contribution is 7.92. The average Bonchev–Trinajstić information content (AvgIpc) is 2.75. The van der Waals surface area contributed by atoms with Gasteiger partial charge in [0.1, 0.15) is 6.04 Å². The van der Waals surface area contributed by atoms with Gasteiger partial charge in [-0.15, -0.1) is 0 Å². The molecule has 7 nitrogen and oxygen atoms in total. The summed E-state index contributed by atoms with van der Waals surface area (Å²) >= 11 is 0. The molecule has 2 aromatic rings. The molecular formula is C26H35F2N3O4S. The predicted octanol–water partition coefficient (Wildman–Crippen LogP) is 4.15. The van der Waals surface area contributed by atoms with Gasteiger partial charge >= 0.3 is 0 Å². The molecule has 36 heavy (non-hydrogen) atoms. The molecule has 10 heteroatoms. The first-order valence-corrected chi connectivity index (χ1v) is 13.5. The van der Waals surface area contributed by atoms with Crippen molar-refractivity contribution >= 4 is 27.5 Å². The molecule has 0 saturated carbocycles. The fourth-order valence-corrected chi connectivity index (χ4v) is 4.55. The summed E-state index contributed by atoms with van der Waals surface area (Å²) in [7, 11) is -3.81. The molecule has 0 unspecified atom stereocenters. The zero-order valence-electron chi connectivity index (χ0n) is 21.6. The van der Waals surface area contributed by atoms with Gasteiger partial charge in [-0.05, 0) is 58.7 Å². The number of halogens is 2. The second kappa shape index (κ2) is 11.8. The van der Waals surface area contributed by atoms with E-state index in [4.69, 9.17) is 0 Å². The molecule has 1 atom stereocenters. The Bertz CT molecular complexity index is 1180. The Morgan fingerprint density at radius 3 is 2.17 bits per heavy atom. The van der Waals surface area contributed by atoms with Crippen molar-refractivity contribution in [2.24, 2.45) is 0 Å². The number of nitrogens with zero attached hydrogens (tertiary/aromatic N) is 2. The fourth-order valence-electron chi connectivity index (χ4n) is 3.59. The summed E-state index contributed by atoms with van der Waals surface area (Å²) in [6.07, 6.45) is 1.02. The van der Waals surface area contributed by atoms with E-state index in [9.17, 15) is 26.8 Å². The maximum absolute atomic E-state index is 13.7. The van der Waals surface area contributed by atoms with E-state index in [0.717, 1.165) is 33.8 Å². The summed E-state index contributed by atoms with van der Waals surface area (Å²) in [6, 6.07) is 9.68. The number of hydrogen-bond acceptors (Lipinski definition) is 4. The zero-order chi connectivity index (χ0) is 27.3. The highest BCUT2D eigenvalue weighted by atomic mass is 32.2. The molecular weight excluding hydrogens is 488 g/mol. The van der Waals surface area contributed by atoms with Gasteiger partial charge in [-0.2, -0.15) is 0 Å². The van der Waals surface area contributed by atoms with Crippen LogP contribution in [0.1, 0.15) is 51.7 Å². The smallest absolute Gasteiger partial charge is 0.242 e. The van der Waals surface area contributed by atoms with E-state index in [0.29, 0.717) is 0 Å². The predicted molar refractivity (Wildman–Crippen MR) is 137 cm³/mol. The minimum Gasteiger partial charge on any atom is -0.350 e. The van der Waals surface area contributed by atoms with E-state index in [2.05, 4.69) is 5.32 Å². The third-order valence-corrected chi connectivity index (χ3v) is 6.68. The number of rotatable bonds is 10. The number of benzene rings is 2. The molecule has 2 amide bonds. The van der Waals surface area contributed by atoms with Crippen LogP contribution in [0.4, 0.5) is 14.5 Å². The van der Waals surface area contributed by atoms with Crippen LogP contribution in [-0.2, 0) is 26.2 Å². The van der Waals surface area contributed by atoms with Crippen molar-refractivity contribution in [3.8, 4) is 0 Å². The maximum atomic E-state index is 13.7. The second-order valence-electron chi connectivity index (χ2n) is 9.96. The van der Waals surface area contributed by atoms with Crippen LogP contribution < -0.4 is 9.62 Å². The Labute approximate surface area is 212 Å². The summed E-state index contributed by atoms with van der Waals surface area (Å²) in [4.78, 5) is 27.6. The molecule has 0 aliphatic rings. The van der Waals surface area contributed by atoms with Crippen LogP contribution >= 0.6 is 0 Å². The van der Waals surface area contributed by atoms with Crippen molar-refractivity contribution in [2.45, 2.75) is 65.6 Å². The van der Waals surface area contributed by atoms with Gasteiger partial charge in [0.2, 0.25) is 21.8 Å². The van der Waals surface area contributed by atoms with Gasteiger partial charge in [0.15, 0.2) is 11.6 Å². The van der Waals surface area contributed by atoms with Crippen LogP contribution in [0.2, 0.25) is 0 Å². The zero-order valence-corrected chi connectivity index (χ0v) is 22.5. The Hall–Kier alpha value is -3.01. The molecule has 0 aromatic heterocycles. The Morgan fingerprint density at radius 1 is 1.03 bits per heavy atom. The van der Waals surface area contributed by atoms with E-state index < -0.39 is 33.2 Å². The lowest BCUT2D eigenvalue weighted by molar-refractivity contribution is -0.141. The van der Waals surface area contributed by atoms with Crippen LogP contribution in [0, 0.1) is 18.6 Å². The van der Waals surface area contributed by atoms with Crippen molar-refractivity contribution in [3.05, 3.63) is 65.2 Å². The van der Waals surface area contributed by atoms with Crippen molar-refractivity contribution in [3.63, 3.8) is 0 Å². The largest absolute Gasteiger partial charge is 0.350 e. The SMILES string of the molecule is Cc1ccc(CN(C(=O)CCCN(c2ccc(F)c(F)c2)S(C)(=O)=O)[C@@H](C)C(=O)NC(C)(C)C)cc1. The minimum atomic E-state index is -3.81. The van der Waals surface area contributed by atoms with Crippen LogP contribution in [0.15, 0.2) is 42.5 Å². The molecule has 2 rings (SSSR count). The third-order valence-electron chi connectivity index (χ3n) is 5.48. The van der Waals surface area contributed by atoms with Crippen LogP contribution in [-0.4, -0.2) is 49.5 Å². The van der Waals surface area contributed by atoms with Gasteiger partial charge in [0.25, 0.3) is 0 Å². The number of sulfonamides is 1. The first-order chi connectivity index (χ1) is 16.6. The first kappa shape index (κ1) is 29.2. The van der Waals surface area contributed by atoms with Crippen molar-refractivity contribution in [2.75, 3.05) is 17.1 Å². The number of amides is 2. The van der Waals surface area contributed by atoms with Crippen LogP contribution in [0.3, 0.4) is 0 Å². The van der Waals surface area contributed by atoms with Crippen molar-refractivity contribution in [1.29, 1.82) is 0 Å². The quantitative estimate of drug-likeness (QED) is 0.507. The van der Waals surface area contributed by atoms with Crippen molar-refractivity contribution in [1.82, 2.24) is 10.2 Å². The fraction of sp³-hybridized carbons (Fsp3) is 0.462. The van der Waals surface area contributed by atoms with Gasteiger partial charge in [0.05, 0.1) is 11.9 Å². The Kier molecular flexibility index (Phi) is 9.59. The van der Waals surface area contributed by atoms with E-state index in [1.807, 2.05) is 52.0 Å². The van der Waals surface area contributed by atoms with Crippen molar-refractivity contribution < 1.29 is 26.8 Å². The lowest BCUT2D eigenvalue weighted by Gasteiger charge is -2.32. The van der Waals surface area contributed by atoms with Gasteiger partial charge < -0.3 is 10.2 Å². The van der Waals surface area contributed by atoms with Gasteiger partial charge in [-0.1, -0.05) is 29.8 Å². The van der Waals surface area contributed by atoms with Crippen LogP contribution in [0.25, 0.3) is 0 Å². The molecule has 0 bridgehead atoms. The minimum absolute atomic E-state index is 0.0294. The Morgan fingerprint density at radius 2 is 1.64 bits per heavy atom. The molecule has 0 spiro atoms. The molecule has 0 radical (unpaired) electrons. The highest BCUT2D eigenvalue weighted by Gasteiger charge is 2.28. The van der Waals surface area contributed by atoms with Gasteiger partial charge in [-0.3, -0.25) is 13.9 Å². The average molecular weight is 524 g/mol. The van der Waals surface area contributed by atoms with E-state index >= 15 is 0 Å². The summed E-state index contributed by atoms with van der Waals surface area (Å²) < 4.78 is 52.6. The lowest BCUT2D eigenvalue weighted by atomic mass is 10.1. The molecule has 0 saturated heterocycles. The molecule has 2 aromatic carbocycles. The van der Waals surface area contributed by atoms with E-state index in [1.54, 1.807) is 6.92 Å². The monoisotopic (exact) mass is 523 g/mol.